The summed E-state index contributed by atoms with van der Waals surface area (Å²) in [4.78, 5) is 20.4. The topological polar surface area (TPSA) is 61.4 Å². The minimum Gasteiger partial charge on any atom is -0.292 e. The van der Waals surface area contributed by atoms with Crippen molar-refractivity contribution in [3.05, 3.63) is 194 Å². The SMILES string of the molecule is c1ccc(-c2nc(-c3ccccc3)nc(-n3c4ccccc4c4cc(-c5ccc(-c6nc7ccccc7n6-c6ccccc6)cc5)c5ccccc5c43)n2)cc1. The molecule has 3 heterocycles. The second-order valence-electron chi connectivity index (χ2n) is 13.9. The molecule has 0 bridgehead atoms. The first kappa shape index (κ1) is 31.8. The zero-order chi connectivity index (χ0) is 37.0. The Hall–Kier alpha value is -7.70. The molecule has 11 aromatic rings. The third kappa shape index (κ3) is 5.19. The number of para-hydroxylation sites is 4. The molecule has 0 fully saturated rings. The first-order chi connectivity index (χ1) is 27.8. The summed E-state index contributed by atoms with van der Waals surface area (Å²) in [5.74, 6) is 2.74. The molecule has 56 heavy (non-hydrogen) atoms. The van der Waals surface area contributed by atoms with Gasteiger partial charge in [0.15, 0.2) is 11.6 Å². The first-order valence-electron chi connectivity index (χ1n) is 18.7. The molecule has 0 spiro atoms. The molecule has 0 saturated heterocycles. The molecule has 6 nitrogen and oxygen atoms in total. The van der Waals surface area contributed by atoms with Gasteiger partial charge in [-0.3, -0.25) is 9.13 Å². The van der Waals surface area contributed by atoms with Crippen molar-refractivity contribution in [2.45, 2.75) is 0 Å². The average Bonchev–Trinajstić information content (AvgIpc) is 3.84. The molecule has 0 radical (unpaired) electrons. The van der Waals surface area contributed by atoms with E-state index in [1.54, 1.807) is 0 Å². The van der Waals surface area contributed by atoms with Crippen molar-refractivity contribution >= 4 is 43.6 Å². The third-order valence-electron chi connectivity index (χ3n) is 10.6. The second-order valence-corrected chi connectivity index (χ2v) is 13.9. The van der Waals surface area contributed by atoms with Gasteiger partial charge in [0.1, 0.15) is 5.82 Å². The molecular weight excluding hydrogens is 685 g/mol. The van der Waals surface area contributed by atoms with Gasteiger partial charge in [0, 0.05) is 38.5 Å². The first-order valence-corrected chi connectivity index (χ1v) is 18.7. The van der Waals surface area contributed by atoms with Crippen molar-refractivity contribution in [2.24, 2.45) is 0 Å². The Bertz CT molecular complexity index is 3160. The normalized spacial score (nSPS) is 11.6. The summed E-state index contributed by atoms with van der Waals surface area (Å²) in [6.45, 7) is 0. The highest BCUT2D eigenvalue weighted by Crippen LogP contribution is 2.41. The molecule has 262 valence electrons. The predicted molar refractivity (Wildman–Crippen MR) is 228 cm³/mol. The summed E-state index contributed by atoms with van der Waals surface area (Å²) < 4.78 is 4.46. The summed E-state index contributed by atoms with van der Waals surface area (Å²) in [5, 5.41) is 4.53. The van der Waals surface area contributed by atoms with E-state index >= 15 is 0 Å². The molecule has 11 rings (SSSR count). The quantitative estimate of drug-likeness (QED) is 0.172. The monoisotopic (exact) mass is 716 g/mol. The van der Waals surface area contributed by atoms with Crippen molar-refractivity contribution in [3.8, 4) is 56.9 Å². The summed E-state index contributed by atoms with van der Waals surface area (Å²) in [7, 11) is 0. The van der Waals surface area contributed by atoms with Gasteiger partial charge in [-0.2, -0.15) is 9.97 Å². The Labute approximate surface area is 322 Å². The highest BCUT2D eigenvalue weighted by atomic mass is 15.2. The number of benzene rings is 8. The van der Waals surface area contributed by atoms with E-state index in [1.807, 2.05) is 72.8 Å². The Morgan fingerprint density at radius 3 is 1.55 bits per heavy atom. The standard InChI is InChI=1S/C50H32N6/c1-4-16-34(17-5-1)47-52-48(35-18-6-2-7-19-35)54-50(53-47)56-44-26-14-12-23-39(44)42-32-41(38-22-10-11-24-40(38)46(42)56)33-28-30-36(31-29-33)49-51-43-25-13-15-27-45(43)55(49)37-20-8-3-9-21-37/h1-32H. The largest absolute Gasteiger partial charge is 0.292 e. The molecule has 6 heteroatoms. The summed E-state index contributed by atoms with van der Waals surface area (Å²) in [6, 6.07) is 67.4. The van der Waals surface area contributed by atoms with Crippen LogP contribution in [0.15, 0.2) is 194 Å². The maximum absolute atomic E-state index is 5.18. The van der Waals surface area contributed by atoms with Crippen molar-refractivity contribution in [2.75, 3.05) is 0 Å². The van der Waals surface area contributed by atoms with E-state index < -0.39 is 0 Å². The van der Waals surface area contributed by atoms with E-state index in [4.69, 9.17) is 19.9 Å². The van der Waals surface area contributed by atoms with E-state index in [1.165, 1.54) is 0 Å². The van der Waals surface area contributed by atoms with E-state index in [-0.39, 0.29) is 0 Å². The lowest BCUT2D eigenvalue weighted by Crippen LogP contribution is -2.06. The molecule has 0 atom stereocenters. The summed E-state index contributed by atoms with van der Waals surface area (Å²) >= 11 is 0. The van der Waals surface area contributed by atoms with Crippen molar-refractivity contribution in [1.82, 2.24) is 29.1 Å². The Kier molecular flexibility index (Phi) is 7.38. The Morgan fingerprint density at radius 1 is 0.339 bits per heavy atom. The van der Waals surface area contributed by atoms with Crippen LogP contribution in [0, 0.1) is 0 Å². The number of nitrogens with zero attached hydrogens (tertiary/aromatic N) is 6. The van der Waals surface area contributed by atoms with Crippen molar-refractivity contribution in [3.63, 3.8) is 0 Å². The van der Waals surface area contributed by atoms with Gasteiger partial charge in [0.25, 0.3) is 0 Å². The molecule has 0 aliphatic heterocycles. The lowest BCUT2D eigenvalue weighted by molar-refractivity contribution is 0.955. The van der Waals surface area contributed by atoms with E-state index in [9.17, 15) is 0 Å². The van der Waals surface area contributed by atoms with Crippen LogP contribution in [0.4, 0.5) is 0 Å². The van der Waals surface area contributed by atoms with Gasteiger partial charge in [-0.15, -0.1) is 0 Å². The van der Waals surface area contributed by atoms with E-state index in [2.05, 4.69) is 130 Å². The van der Waals surface area contributed by atoms with Crippen LogP contribution < -0.4 is 0 Å². The molecule has 0 unspecified atom stereocenters. The lowest BCUT2D eigenvalue weighted by atomic mass is 9.94. The van der Waals surface area contributed by atoms with Gasteiger partial charge in [0.05, 0.1) is 22.1 Å². The Balaban J connectivity index is 1.12. The Morgan fingerprint density at radius 2 is 0.875 bits per heavy atom. The molecule has 0 N–H and O–H groups in total. The fourth-order valence-corrected chi connectivity index (χ4v) is 8.02. The van der Waals surface area contributed by atoms with Crippen LogP contribution in [-0.2, 0) is 0 Å². The van der Waals surface area contributed by atoms with E-state index in [0.29, 0.717) is 17.6 Å². The summed E-state index contributed by atoms with van der Waals surface area (Å²) in [5.41, 5.74) is 10.4. The van der Waals surface area contributed by atoms with Gasteiger partial charge in [-0.1, -0.05) is 158 Å². The maximum atomic E-state index is 5.18. The molecule has 8 aromatic carbocycles. The average molecular weight is 717 g/mol. The smallest absolute Gasteiger partial charge is 0.238 e. The fourth-order valence-electron chi connectivity index (χ4n) is 8.02. The van der Waals surface area contributed by atoms with Crippen LogP contribution in [0.3, 0.4) is 0 Å². The van der Waals surface area contributed by atoms with Crippen LogP contribution in [0.25, 0.3) is 101 Å². The van der Waals surface area contributed by atoms with Gasteiger partial charge in [0.2, 0.25) is 5.95 Å². The molecule has 0 aliphatic carbocycles. The van der Waals surface area contributed by atoms with Gasteiger partial charge in [-0.05, 0) is 52.9 Å². The minimum absolute atomic E-state index is 0.576. The van der Waals surface area contributed by atoms with Crippen LogP contribution in [0.1, 0.15) is 0 Å². The third-order valence-corrected chi connectivity index (χ3v) is 10.6. The number of rotatable bonds is 6. The van der Waals surface area contributed by atoms with Crippen LogP contribution in [0.5, 0.6) is 0 Å². The minimum atomic E-state index is 0.576. The van der Waals surface area contributed by atoms with Crippen molar-refractivity contribution < 1.29 is 0 Å². The zero-order valence-corrected chi connectivity index (χ0v) is 30.2. The molecular formula is C50H32N6. The number of imidazole rings is 1. The van der Waals surface area contributed by atoms with Gasteiger partial charge < -0.3 is 0 Å². The van der Waals surface area contributed by atoms with Crippen LogP contribution in [0.2, 0.25) is 0 Å². The molecule has 3 aromatic heterocycles. The number of aromatic nitrogens is 6. The highest BCUT2D eigenvalue weighted by molar-refractivity contribution is 6.22. The predicted octanol–water partition coefficient (Wildman–Crippen LogP) is 12.1. The highest BCUT2D eigenvalue weighted by Gasteiger charge is 2.22. The fraction of sp³-hybridized carbons (Fsp3) is 0. The second kappa shape index (κ2) is 13.0. The van der Waals surface area contributed by atoms with Gasteiger partial charge in [-0.25, -0.2) is 9.97 Å². The summed E-state index contributed by atoms with van der Waals surface area (Å²) in [6.07, 6.45) is 0. The van der Waals surface area contributed by atoms with Crippen LogP contribution >= 0.6 is 0 Å². The molecule has 0 amide bonds. The zero-order valence-electron chi connectivity index (χ0n) is 30.2. The van der Waals surface area contributed by atoms with E-state index in [0.717, 1.165) is 82.9 Å². The molecule has 0 saturated carbocycles. The maximum Gasteiger partial charge on any atom is 0.238 e. The lowest BCUT2D eigenvalue weighted by Gasteiger charge is -2.14. The molecule has 0 aliphatic rings. The van der Waals surface area contributed by atoms with Crippen molar-refractivity contribution in [1.29, 1.82) is 0 Å². The number of fused-ring (bicyclic) bond motifs is 6. The number of hydrogen-bond acceptors (Lipinski definition) is 4. The number of hydrogen-bond donors (Lipinski definition) is 0. The van der Waals surface area contributed by atoms with Crippen LogP contribution in [-0.4, -0.2) is 29.1 Å². The van der Waals surface area contributed by atoms with Gasteiger partial charge >= 0.3 is 0 Å².